The van der Waals surface area contributed by atoms with Crippen molar-refractivity contribution in [3.8, 4) is 0 Å². The summed E-state index contributed by atoms with van der Waals surface area (Å²) in [5, 5.41) is 13.8. The number of hydrogen-bond donors (Lipinski definition) is 3. The molecule has 1 saturated heterocycles. The summed E-state index contributed by atoms with van der Waals surface area (Å²) in [6.07, 6.45) is 3.58. The maximum absolute atomic E-state index is 11.3. The third kappa shape index (κ3) is 1.88. The Balaban J connectivity index is 1.97. The van der Waals surface area contributed by atoms with E-state index < -0.39 is 5.97 Å². The number of nitrogens with one attached hydrogen (secondary N) is 2. The minimum Gasteiger partial charge on any atom is -0.481 e. The van der Waals surface area contributed by atoms with E-state index in [1.54, 1.807) is 0 Å². The van der Waals surface area contributed by atoms with Gasteiger partial charge in [-0.3, -0.25) is 4.79 Å². The third-order valence-electron chi connectivity index (χ3n) is 3.71. The molecular formula is C14H16N2O2. The third-order valence-corrected chi connectivity index (χ3v) is 3.71. The summed E-state index contributed by atoms with van der Waals surface area (Å²) >= 11 is 0. The van der Waals surface area contributed by atoms with Gasteiger partial charge in [0.1, 0.15) is 0 Å². The van der Waals surface area contributed by atoms with E-state index in [1.165, 1.54) is 0 Å². The van der Waals surface area contributed by atoms with Gasteiger partial charge in [-0.2, -0.15) is 0 Å². The molecule has 2 aromatic rings. The molecule has 0 unspecified atom stereocenters. The Hall–Kier alpha value is -1.81. The van der Waals surface area contributed by atoms with Gasteiger partial charge in [-0.25, -0.2) is 0 Å². The van der Waals surface area contributed by atoms with E-state index in [4.69, 9.17) is 0 Å². The normalized spacial score (nSPS) is 24.2. The van der Waals surface area contributed by atoms with E-state index in [0.717, 1.165) is 35.9 Å². The van der Waals surface area contributed by atoms with E-state index in [9.17, 15) is 9.90 Å². The van der Waals surface area contributed by atoms with Crippen LogP contribution in [0.4, 0.5) is 0 Å². The van der Waals surface area contributed by atoms with Crippen molar-refractivity contribution >= 4 is 16.9 Å². The molecule has 0 saturated carbocycles. The quantitative estimate of drug-likeness (QED) is 0.759. The molecule has 1 aliphatic heterocycles. The number of hydrogen-bond acceptors (Lipinski definition) is 2. The monoisotopic (exact) mass is 244 g/mol. The molecule has 4 heteroatoms. The second-order valence-corrected chi connectivity index (χ2v) is 4.84. The number of piperidine rings is 1. The van der Waals surface area contributed by atoms with Crippen LogP contribution < -0.4 is 5.32 Å². The van der Waals surface area contributed by atoms with Crippen molar-refractivity contribution in [3.63, 3.8) is 0 Å². The van der Waals surface area contributed by atoms with Crippen molar-refractivity contribution in [3.05, 3.63) is 36.0 Å². The van der Waals surface area contributed by atoms with Crippen molar-refractivity contribution in [1.29, 1.82) is 0 Å². The standard InChI is InChI=1S/C14H16N2O2/c17-14(18)11-2-1-6-16-13(11)10-3-4-12-9(8-10)5-7-15-12/h3-5,7-8,11,13,15-16H,1-2,6H2,(H,17,18)/t11-,13+/m0/s1. The fourth-order valence-corrected chi connectivity index (χ4v) is 2.77. The molecule has 18 heavy (non-hydrogen) atoms. The van der Waals surface area contributed by atoms with Crippen LogP contribution in [-0.2, 0) is 4.79 Å². The smallest absolute Gasteiger partial charge is 0.308 e. The molecule has 1 aromatic heterocycles. The number of carboxylic acids is 1. The minimum absolute atomic E-state index is 0.0736. The molecular weight excluding hydrogens is 228 g/mol. The molecule has 3 rings (SSSR count). The van der Waals surface area contributed by atoms with Crippen molar-refractivity contribution in [2.45, 2.75) is 18.9 Å². The molecule has 4 nitrogen and oxygen atoms in total. The molecule has 1 fully saturated rings. The molecule has 0 spiro atoms. The van der Waals surface area contributed by atoms with Crippen LogP contribution in [0.2, 0.25) is 0 Å². The number of H-pyrrole nitrogens is 1. The summed E-state index contributed by atoms with van der Waals surface area (Å²) in [6.45, 7) is 0.889. The van der Waals surface area contributed by atoms with Crippen LogP contribution in [0.1, 0.15) is 24.4 Å². The van der Waals surface area contributed by atoms with Gasteiger partial charge in [-0.15, -0.1) is 0 Å². The number of aliphatic carboxylic acids is 1. The molecule has 3 N–H and O–H groups in total. The zero-order chi connectivity index (χ0) is 12.5. The van der Waals surface area contributed by atoms with Crippen molar-refractivity contribution in [1.82, 2.24) is 10.3 Å². The van der Waals surface area contributed by atoms with E-state index in [-0.39, 0.29) is 12.0 Å². The average molecular weight is 244 g/mol. The number of rotatable bonds is 2. The lowest BCUT2D eigenvalue weighted by atomic mass is 9.86. The molecule has 1 aliphatic rings. The maximum Gasteiger partial charge on any atom is 0.308 e. The molecule has 0 aliphatic carbocycles. The summed E-state index contributed by atoms with van der Waals surface area (Å²) in [4.78, 5) is 14.5. The average Bonchev–Trinajstić information content (AvgIpc) is 2.85. The first-order valence-electron chi connectivity index (χ1n) is 6.29. The van der Waals surface area contributed by atoms with Crippen molar-refractivity contribution in [2.75, 3.05) is 6.54 Å². The molecule has 2 atom stereocenters. The van der Waals surface area contributed by atoms with Gasteiger partial charge in [0.25, 0.3) is 0 Å². The lowest BCUT2D eigenvalue weighted by Crippen LogP contribution is -2.38. The van der Waals surface area contributed by atoms with Crippen LogP contribution in [-0.4, -0.2) is 22.6 Å². The second-order valence-electron chi connectivity index (χ2n) is 4.84. The SMILES string of the molecule is O=C(O)[C@H]1CCCN[C@@H]1c1ccc2[nH]ccc2c1. The van der Waals surface area contributed by atoms with Crippen LogP contribution in [0, 0.1) is 5.92 Å². The second kappa shape index (κ2) is 4.46. The minimum atomic E-state index is -0.707. The van der Waals surface area contributed by atoms with E-state index in [2.05, 4.69) is 16.4 Å². The summed E-state index contributed by atoms with van der Waals surface area (Å²) in [5.74, 6) is -1.03. The highest BCUT2D eigenvalue weighted by Crippen LogP contribution is 2.31. The van der Waals surface area contributed by atoms with Gasteiger partial charge in [0.2, 0.25) is 0 Å². The van der Waals surface area contributed by atoms with Crippen LogP contribution in [0.3, 0.4) is 0 Å². The van der Waals surface area contributed by atoms with E-state index >= 15 is 0 Å². The lowest BCUT2D eigenvalue weighted by molar-refractivity contribution is -0.143. The van der Waals surface area contributed by atoms with Crippen LogP contribution >= 0.6 is 0 Å². The highest BCUT2D eigenvalue weighted by Gasteiger charge is 2.31. The summed E-state index contributed by atoms with van der Waals surface area (Å²) < 4.78 is 0. The summed E-state index contributed by atoms with van der Waals surface area (Å²) in [5.41, 5.74) is 2.15. The van der Waals surface area contributed by atoms with Gasteiger partial charge >= 0.3 is 5.97 Å². The Morgan fingerprint density at radius 1 is 1.33 bits per heavy atom. The van der Waals surface area contributed by atoms with Gasteiger partial charge < -0.3 is 15.4 Å². The molecule has 2 heterocycles. The predicted octanol–water partition coefficient (Wildman–Crippen LogP) is 2.29. The van der Waals surface area contributed by atoms with E-state index in [1.807, 2.05) is 24.4 Å². The van der Waals surface area contributed by atoms with E-state index in [0.29, 0.717) is 0 Å². The summed E-state index contributed by atoms with van der Waals surface area (Å²) in [7, 11) is 0. The Labute approximate surface area is 105 Å². The van der Waals surface area contributed by atoms with Gasteiger partial charge in [-0.05, 0) is 48.5 Å². The molecule has 94 valence electrons. The number of aromatic nitrogens is 1. The van der Waals surface area contributed by atoms with Gasteiger partial charge in [0.05, 0.1) is 5.92 Å². The maximum atomic E-state index is 11.3. The largest absolute Gasteiger partial charge is 0.481 e. The first kappa shape index (κ1) is 11.3. The molecule has 1 aromatic carbocycles. The molecule has 0 amide bonds. The van der Waals surface area contributed by atoms with Crippen molar-refractivity contribution < 1.29 is 9.90 Å². The fraction of sp³-hybridized carbons (Fsp3) is 0.357. The lowest BCUT2D eigenvalue weighted by Gasteiger charge is -2.30. The molecule has 0 bridgehead atoms. The Morgan fingerprint density at radius 2 is 2.22 bits per heavy atom. The Morgan fingerprint density at radius 3 is 3.06 bits per heavy atom. The molecule has 0 radical (unpaired) electrons. The number of aromatic amines is 1. The van der Waals surface area contributed by atoms with Gasteiger partial charge in [0, 0.05) is 17.8 Å². The number of carbonyl (C=O) groups is 1. The zero-order valence-electron chi connectivity index (χ0n) is 10.0. The highest BCUT2D eigenvalue weighted by atomic mass is 16.4. The number of benzene rings is 1. The van der Waals surface area contributed by atoms with Crippen LogP contribution in [0.5, 0.6) is 0 Å². The van der Waals surface area contributed by atoms with Crippen LogP contribution in [0.15, 0.2) is 30.5 Å². The van der Waals surface area contributed by atoms with Crippen LogP contribution in [0.25, 0.3) is 10.9 Å². The zero-order valence-corrected chi connectivity index (χ0v) is 10.0. The summed E-state index contributed by atoms with van der Waals surface area (Å²) in [6, 6.07) is 8.04. The first-order chi connectivity index (χ1) is 8.75. The van der Waals surface area contributed by atoms with Gasteiger partial charge in [0.15, 0.2) is 0 Å². The predicted molar refractivity (Wildman–Crippen MR) is 69.4 cm³/mol. The topological polar surface area (TPSA) is 65.1 Å². The highest BCUT2D eigenvalue weighted by molar-refractivity contribution is 5.80. The van der Waals surface area contributed by atoms with Gasteiger partial charge in [-0.1, -0.05) is 6.07 Å². The number of fused-ring (bicyclic) bond motifs is 1. The fourth-order valence-electron chi connectivity index (χ4n) is 2.77. The first-order valence-corrected chi connectivity index (χ1v) is 6.29. The Bertz CT molecular complexity index is 576. The Kier molecular flexibility index (Phi) is 2.80. The number of carboxylic acid groups (broad SMARTS) is 1. The van der Waals surface area contributed by atoms with Crippen molar-refractivity contribution in [2.24, 2.45) is 5.92 Å².